The van der Waals surface area contributed by atoms with Crippen LogP contribution in [-0.2, 0) is 0 Å². The van der Waals surface area contributed by atoms with E-state index in [4.69, 9.17) is 30.7 Å². The molecule has 2 rings (SSSR count). The van der Waals surface area contributed by atoms with Crippen molar-refractivity contribution in [3.63, 3.8) is 0 Å². The van der Waals surface area contributed by atoms with Gasteiger partial charge in [-0.2, -0.15) is 0 Å². The second-order valence-corrected chi connectivity index (χ2v) is 4.92. The number of hydrogen-bond acceptors (Lipinski definition) is 5. The molecule has 0 amide bonds. The summed E-state index contributed by atoms with van der Waals surface area (Å²) in [6.45, 7) is 0. The van der Waals surface area contributed by atoms with Crippen molar-refractivity contribution in [3.8, 4) is 22.8 Å². The van der Waals surface area contributed by atoms with E-state index >= 15 is 0 Å². The first kappa shape index (κ1) is 14.7. The van der Waals surface area contributed by atoms with Gasteiger partial charge < -0.3 is 19.1 Å². The van der Waals surface area contributed by atoms with Crippen molar-refractivity contribution in [3.05, 3.63) is 27.3 Å². The molecule has 1 heterocycles. The van der Waals surface area contributed by atoms with Gasteiger partial charge in [-0.1, -0.05) is 16.8 Å². The monoisotopic (exact) mass is 361 g/mol. The summed E-state index contributed by atoms with van der Waals surface area (Å²) in [5, 5.41) is 12.6. The summed E-state index contributed by atoms with van der Waals surface area (Å²) in [5.41, 5.74) is 0.147. The number of carboxylic acid groups (broad SMARTS) is 1. The number of rotatable bonds is 4. The summed E-state index contributed by atoms with van der Waals surface area (Å²) in [7, 11) is 2.92. The average Bonchev–Trinajstić information content (AvgIpc) is 2.87. The van der Waals surface area contributed by atoms with Crippen molar-refractivity contribution >= 4 is 33.5 Å². The Kier molecular flexibility index (Phi) is 4.20. The summed E-state index contributed by atoms with van der Waals surface area (Å²) >= 11 is 9.47. The Morgan fingerprint density at radius 3 is 2.50 bits per heavy atom. The van der Waals surface area contributed by atoms with Gasteiger partial charge in [-0.25, -0.2) is 4.79 Å². The summed E-state index contributed by atoms with van der Waals surface area (Å²) in [5.74, 6) is -0.283. The number of ether oxygens (including phenoxy) is 2. The van der Waals surface area contributed by atoms with E-state index in [9.17, 15) is 4.79 Å². The minimum Gasteiger partial charge on any atom is -0.492 e. The predicted molar refractivity (Wildman–Crippen MR) is 74.7 cm³/mol. The van der Waals surface area contributed by atoms with E-state index < -0.39 is 5.97 Å². The van der Waals surface area contributed by atoms with Gasteiger partial charge in [0.05, 0.1) is 29.3 Å². The zero-order valence-corrected chi connectivity index (χ0v) is 12.8. The molecular formula is C12H9BrClNO5. The standard InChI is InChI=1S/C12H9BrClNO5/c1-18-10-5(13)3-6(14)9(11(10)19-2)8-4-7(12(16)17)15-20-8/h3-4H,1-2H3,(H,16,17). The number of halogens is 2. The van der Waals surface area contributed by atoms with Crippen molar-refractivity contribution in [1.29, 1.82) is 0 Å². The van der Waals surface area contributed by atoms with Gasteiger partial charge in [0.1, 0.15) is 0 Å². The van der Waals surface area contributed by atoms with Gasteiger partial charge in [-0.05, 0) is 22.0 Å². The maximum atomic E-state index is 10.8. The molecule has 0 aliphatic heterocycles. The molecule has 0 radical (unpaired) electrons. The van der Waals surface area contributed by atoms with Crippen LogP contribution >= 0.6 is 27.5 Å². The van der Waals surface area contributed by atoms with Crippen LogP contribution < -0.4 is 9.47 Å². The molecule has 0 spiro atoms. The van der Waals surface area contributed by atoms with E-state index in [-0.39, 0.29) is 11.5 Å². The number of nitrogens with zero attached hydrogens (tertiary/aromatic N) is 1. The fraction of sp³-hybridized carbons (Fsp3) is 0.167. The predicted octanol–water partition coefficient (Wildman–Crippen LogP) is 3.47. The van der Waals surface area contributed by atoms with Gasteiger partial charge >= 0.3 is 5.97 Å². The highest BCUT2D eigenvalue weighted by molar-refractivity contribution is 9.10. The van der Waals surface area contributed by atoms with E-state index in [0.717, 1.165) is 0 Å². The second kappa shape index (κ2) is 5.72. The summed E-state index contributed by atoms with van der Waals surface area (Å²) in [4.78, 5) is 10.8. The Labute approximate surface area is 127 Å². The number of hydrogen-bond donors (Lipinski definition) is 1. The average molecular weight is 363 g/mol. The summed E-state index contributed by atoms with van der Waals surface area (Å²) in [6, 6.07) is 2.86. The maximum Gasteiger partial charge on any atom is 0.358 e. The molecule has 1 aromatic heterocycles. The van der Waals surface area contributed by atoms with Crippen LogP contribution in [0.3, 0.4) is 0 Å². The molecule has 2 aromatic rings. The van der Waals surface area contributed by atoms with E-state index in [1.54, 1.807) is 6.07 Å². The topological polar surface area (TPSA) is 81.8 Å². The van der Waals surface area contributed by atoms with Crippen LogP contribution in [0, 0.1) is 0 Å². The molecule has 0 unspecified atom stereocenters. The number of aromatic nitrogens is 1. The number of carbonyl (C=O) groups is 1. The molecule has 8 heteroatoms. The smallest absolute Gasteiger partial charge is 0.358 e. The lowest BCUT2D eigenvalue weighted by Crippen LogP contribution is -1.96. The van der Waals surface area contributed by atoms with Gasteiger partial charge in [0.2, 0.25) is 0 Å². The van der Waals surface area contributed by atoms with Crippen molar-refractivity contribution in [2.24, 2.45) is 0 Å². The number of aromatic carboxylic acids is 1. The van der Waals surface area contributed by atoms with Crippen LogP contribution in [0.1, 0.15) is 10.5 Å². The van der Waals surface area contributed by atoms with Crippen molar-refractivity contribution < 1.29 is 23.9 Å². The van der Waals surface area contributed by atoms with Gasteiger partial charge in [-0.15, -0.1) is 0 Å². The maximum absolute atomic E-state index is 10.8. The second-order valence-electron chi connectivity index (χ2n) is 3.66. The first-order valence-corrected chi connectivity index (χ1v) is 6.47. The highest BCUT2D eigenvalue weighted by atomic mass is 79.9. The Bertz CT molecular complexity index is 670. The SMILES string of the molecule is COc1c(Br)cc(Cl)c(-c2cc(C(=O)O)no2)c1OC. The molecule has 1 N–H and O–H groups in total. The van der Waals surface area contributed by atoms with E-state index in [1.807, 2.05) is 0 Å². The molecule has 0 atom stereocenters. The van der Waals surface area contributed by atoms with Crippen molar-refractivity contribution in [2.45, 2.75) is 0 Å². The first-order chi connectivity index (χ1) is 9.49. The molecule has 106 valence electrons. The fourth-order valence-corrected chi connectivity index (χ4v) is 2.68. The molecule has 0 fully saturated rings. The Morgan fingerprint density at radius 1 is 1.35 bits per heavy atom. The molecule has 1 aromatic carbocycles. The quantitative estimate of drug-likeness (QED) is 0.897. The van der Waals surface area contributed by atoms with Gasteiger partial charge in [0.25, 0.3) is 0 Å². The first-order valence-electron chi connectivity index (χ1n) is 5.30. The zero-order chi connectivity index (χ0) is 14.9. The van der Waals surface area contributed by atoms with Crippen molar-refractivity contribution in [1.82, 2.24) is 5.16 Å². The lowest BCUT2D eigenvalue weighted by Gasteiger charge is -2.14. The van der Waals surface area contributed by atoms with Crippen LogP contribution in [-0.4, -0.2) is 30.5 Å². The van der Waals surface area contributed by atoms with Gasteiger partial charge in [0.15, 0.2) is 23.0 Å². The Morgan fingerprint density at radius 2 is 2.00 bits per heavy atom. The normalized spacial score (nSPS) is 10.4. The lowest BCUT2D eigenvalue weighted by atomic mass is 10.1. The van der Waals surface area contributed by atoms with E-state index in [2.05, 4.69) is 21.1 Å². The summed E-state index contributed by atoms with van der Waals surface area (Å²) in [6.07, 6.45) is 0. The highest BCUT2D eigenvalue weighted by Crippen LogP contribution is 2.47. The minimum atomic E-state index is -1.20. The molecule has 0 saturated carbocycles. The molecule has 0 aliphatic rings. The molecule has 0 saturated heterocycles. The third-order valence-electron chi connectivity index (χ3n) is 2.53. The number of benzene rings is 1. The number of methoxy groups -OCH3 is 2. The molecule has 20 heavy (non-hydrogen) atoms. The zero-order valence-electron chi connectivity index (χ0n) is 10.4. The number of carboxylic acids is 1. The largest absolute Gasteiger partial charge is 0.492 e. The van der Waals surface area contributed by atoms with Crippen LogP contribution in [0.2, 0.25) is 5.02 Å². The highest BCUT2D eigenvalue weighted by Gasteiger charge is 2.23. The Hall–Kier alpha value is -1.73. The van der Waals surface area contributed by atoms with E-state index in [0.29, 0.717) is 26.6 Å². The minimum absolute atomic E-state index is 0.176. The Balaban J connectivity index is 2.68. The third kappa shape index (κ3) is 2.46. The van der Waals surface area contributed by atoms with Gasteiger partial charge in [0, 0.05) is 6.07 Å². The van der Waals surface area contributed by atoms with Crippen LogP contribution in [0.15, 0.2) is 21.1 Å². The van der Waals surface area contributed by atoms with Crippen LogP contribution in [0.5, 0.6) is 11.5 Å². The molecule has 0 aliphatic carbocycles. The third-order valence-corrected chi connectivity index (χ3v) is 3.41. The van der Waals surface area contributed by atoms with Crippen LogP contribution in [0.4, 0.5) is 0 Å². The fourth-order valence-electron chi connectivity index (χ4n) is 1.69. The van der Waals surface area contributed by atoms with E-state index in [1.165, 1.54) is 20.3 Å². The van der Waals surface area contributed by atoms with Crippen LogP contribution in [0.25, 0.3) is 11.3 Å². The summed E-state index contributed by atoms with van der Waals surface area (Å²) < 4.78 is 16.1. The lowest BCUT2D eigenvalue weighted by molar-refractivity contribution is 0.0686. The molecule has 0 bridgehead atoms. The van der Waals surface area contributed by atoms with Gasteiger partial charge in [-0.3, -0.25) is 0 Å². The van der Waals surface area contributed by atoms with Crippen molar-refractivity contribution in [2.75, 3.05) is 14.2 Å². The molecular weight excluding hydrogens is 353 g/mol. The molecule has 6 nitrogen and oxygen atoms in total.